The van der Waals surface area contributed by atoms with Crippen molar-refractivity contribution in [1.82, 2.24) is 0 Å². The van der Waals surface area contributed by atoms with Crippen LogP contribution in [0.1, 0.15) is 13.8 Å². The molecule has 0 saturated carbocycles. The first kappa shape index (κ1) is 14.8. The molecule has 17 heavy (non-hydrogen) atoms. The van der Waals surface area contributed by atoms with Crippen molar-refractivity contribution < 1.29 is 0 Å². The number of thioether (sulfide) groups is 3. The van der Waals surface area contributed by atoms with Crippen LogP contribution in [-0.4, -0.2) is 39.1 Å². The molecule has 2 heterocycles. The summed E-state index contributed by atoms with van der Waals surface area (Å²) in [5, 5.41) is 2.08. The van der Waals surface area contributed by atoms with E-state index in [2.05, 4.69) is 13.8 Å². The van der Waals surface area contributed by atoms with Gasteiger partial charge in [-0.25, -0.2) is 0 Å². The van der Waals surface area contributed by atoms with E-state index in [1.165, 1.54) is 11.8 Å². The van der Waals surface area contributed by atoms with E-state index >= 15 is 0 Å². The zero-order valence-electron chi connectivity index (χ0n) is 9.17. The second-order valence-corrected chi connectivity index (χ2v) is 10.2. The summed E-state index contributed by atoms with van der Waals surface area (Å²) in [7, 11) is 0. The summed E-state index contributed by atoms with van der Waals surface area (Å²) in [4.78, 5) is 1.76. The van der Waals surface area contributed by atoms with Crippen LogP contribution in [0.25, 0.3) is 0 Å². The molecule has 2 aliphatic heterocycles. The Morgan fingerprint density at radius 3 is 1.35 bits per heavy atom. The Morgan fingerprint density at radius 1 is 0.824 bits per heavy atom. The molecule has 0 radical (unpaired) electrons. The van der Waals surface area contributed by atoms with Crippen molar-refractivity contribution >= 4 is 102 Å². The molecular weight excluding hydrogens is 345 g/mol. The van der Waals surface area contributed by atoms with Gasteiger partial charge in [0.25, 0.3) is 0 Å². The van der Waals surface area contributed by atoms with Gasteiger partial charge in [-0.2, -0.15) is 0 Å². The van der Waals surface area contributed by atoms with Crippen LogP contribution in [0.3, 0.4) is 0 Å². The third-order valence-electron chi connectivity index (χ3n) is 2.53. The fourth-order valence-electron chi connectivity index (χ4n) is 1.34. The van der Waals surface area contributed by atoms with Crippen molar-refractivity contribution in [3.05, 3.63) is 0 Å². The minimum Gasteiger partial charge on any atom is -0.147 e. The smallest absolute Gasteiger partial charge is 0.0913 e. The van der Waals surface area contributed by atoms with Crippen LogP contribution in [0.4, 0.5) is 0 Å². The van der Waals surface area contributed by atoms with Crippen molar-refractivity contribution in [3.8, 4) is 0 Å². The molecule has 0 N–H and O–H groups in total. The molecule has 0 nitrogen and oxygen atoms in total. The van der Waals surface area contributed by atoms with Crippen LogP contribution in [0.2, 0.25) is 0 Å². The normalized spacial score (nSPS) is 34.0. The average molecular weight is 355 g/mol. The quantitative estimate of drug-likeness (QED) is 0.543. The Labute approximate surface area is 136 Å². The molecule has 0 amide bonds. The van der Waals surface area contributed by atoms with Gasteiger partial charge in [0.15, 0.2) is 0 Å². The highest BCUT2D eigenvalue weighted by molar-refractivity contribution is 8.42. The molecule has 2 fully saturated rings. The van der Waals surface area contributed by atoms with Crippen LogP contribution in [-0.2, 0) is 0 Å². The molecule has 2 rings (SSSR count). The second-order valence-electron chi connectivity index (χ2n) is 3.93. The molecule has 0 aromatic heterocycles. The van der Waals surface area contributed by atoms with E-state index in [9.17, 15) is 0 Å². The number of thiocarbonyl (C=S) groups is 4. The maximum atomic E-state index is 5.36. The van der Waals surface area contributed by atoms with E-state index in [1.807, 2.05) is 23.5 Å². The summed E-state index contributed by atoms with van der Waals surface area (Å²) in [5.41, 5.74) is 0. The van der Waals surface area contributed by atoms with Crippen LogP contribution >= 0.6 is 84.2 Å². The Morgan fingerprint density at radius 2 is 1.12 bits per heavy atom. The van der Waals surface area contributed by atoms with Gasteiger partial charge in [-0.15, -0.1) is 23.5 Å². The summed E-state index contributed by atoms with van der Waals surface area (Å²) >= 11 is 26.5. The Bertz CT molecular complexity index is 375. The predicted octanol–water partition coefficient (Wildman–Crippen LogP) is 4.12. The zero-order chi connectivity index (χ0) is 12.7. The molecule has 0 aromatic carbocycles. The summed E-state index contributed by atoms with van der Waals surface area (Å²) < 4.78 is 1.49. The standard InChI is InChI=1S/C10H10S7/c1-3-7(15-3)5(11)9(13)17-10(14)6(12)8-4(2)16-8/h3-4,7-8H,1-2H3. The predicted molar refractivity (Wildman–Crippen MR) is 99.7 cm³/mol. The van der Waals surface area contributed by atoms with Crippen LogP contribution in [0, 0.1) is 0 Å². The van der Waals surface area contributed by atoms with Gasteiger partial charge in [-0.1, -0.05) is 74.5 Å². The van der Waals surface area contributed by atoms with Crippen molar-refractivity contribution in [2.75, 3.05) is 0 Å². The first-order valence-corrected chi connectivity index (χ1v) is 9.40. The molecule has 2 aliphatic rings. The first-order valence-electron chi connectivity index (χ1n) is 5.07. The van der Waals surface area contributed by atoms with Crippen LogP contribution < -0.4 is 0 Å². The van der Waals surface area contributed by atoms with Gasteiger partial charge in [0.1, 0.15) is 0 Å². The minimum atomic E-state index is 0.426. The van der Waals surface area contributed by atoms with Crippen molar-refractivity contribution in [3.63, 3.8) is 0 Å². The molecule has 7 heteroatoms. The molecule has 0 aromatic rings. The summed E-state index contributed by atoms with van der Waals surface area (Å²) in [5.74, 6) is 0. The van der Waals surface area contributed by atoms with Crippen LogP contribution in [0.15, 0.2) is 0 Å². The first-order chi connectivity index (χ1) is 7.91. The fourth-order valence-corrected chi connectivity index (χ4v) is 5.84. The second kappa shape index (κ2) is 5.81. The lowest BCUT2D eigenvalue weighted by atomic mass is 10.3. The van der Waals surface area contributed by atoms with Gasteiger partial charge in [-0.05, 0) is 0 Å². The zero-order valence-corrected chi connectivity index (χ0v) is 14.9. The van der Waals surface area contributed by atoms with Gasteiger partial charge in [0.05, 0.1) is 28.6 Å². The van der Waals surface area contributed by atoms with Crippen molar-refractivity contribution in [1.29, 1.82) is 0 Å². The fraction of sp³-hybridized carbons (Fsp3) is 0.600. The highest BCUT2D eigenvalue weighted by atomic mass is 32.2. The molecule has 0 spiro atoms. The maximum Gasteiger partial charge on any atom is 0.0913 e. The SMILES string of the molecule is CC1SC1C(=S)C(=S)SC(=S)C(=S)C1SC1C. The van der Waals surface area contributed by atoms with E-state index in [0.717, 1.165) is 18.1 Å². The maximum absolute atomic E-state index is 5.36. The van der Waals surface area contributed by atoms with Gasteiger partial charge >= 0.3 is 0 Å². The highest BCUT2D eigenvalue weighted by Crippen LogP contribution is 2.44. The van der Waals surface area contributed by atoms with Gasteiger partial charge < -0.3 is 0 Å². The molecule has 92 valence electrons. The van der Waals surface area contributed by atoms with Gasteiger partial charge in [0.2, 0.25) is 0 Å². The molecule has 4 unspecified atom stereocenters. The lowest BCUT2D eigenvalue weighted by Crippen LogP contribution is -2.19. The molecule has 0 aliphatic carbocycles. The topological polar surface area (TPSA) is 0 Å². The molecule has 4 atom stereocenters. The minimum absolute atomic E-state index is 0.426. The molecule has 2 saturated heterocycles. The third kappa shape index (κ3) is 3.70. The monoisotopic (exact) mass is 354 g/mol. The number of hydrogen-bond acceptors (Lipinski definition) is 7. The van der Waals surface area contributed by atoms with Crippen molar-refractivity contribution in [2.24, 2.45) is 0 Å². The lowest BCUT2D eigenvalue weighted by Gasteiger charge is -2.05. The van der Waals surface area contributed by atoms with Gasteiger partial charge in [0, 0.05) is 10.5 Å². The molecular formula is C10H10S7. The van der Waals surface area contributed by atoms with E-state index < -0.39 is 0 Å². The van der Waals surface area contributed by atoms with Gasteiger partial charge in [-0.3, -0.25) is 0 Å². The van der Waals surface area contributed by atoms with E-state index in [-0.39, 0.29) is 0 Å². The lowest BCUT2D eigenvalue weighted by molar-refractivity contribution is 1.18. The third-order valence-corrected chi connectivity index (χ3v) is 8.66. The number of hydrogen-bond donors (Lipinski definition) is 0. The Kier molecular flexibility index (Phi) is 5.06. The summed E-state index contributed by atoms with van der Waals surface area (Å²) in [6.07, 6.45) is 0. The Hall–Kier alpha value is 1.41. The number of rotatable bonds is 4. The summed E-state index contributed by atoms with van der Waals surface area (Å²) in [6.45, 7) is 4.33. The summed E-state index contributed by atoms with van der Waals surface area (Å²) in [6, 6.07) is 0. The Balaban J connectivity index is 1.84. The average Bonchev–Trinajstić information content (AvgIpc) is 3.15. The highest BCUT2D eigenvalue weighted by Gasteiger charge is 2.41. The largest absolute Gasteiger partial charge is 0.147 e. The van der Waals surface area contributed by atoms with Crippen molar-refractivity contribution in [2.45, 2.75) is 34.8 Å². The van der Waals surface area contributed by atoms with E-state index in [1.54, 1.807) is 0 Å². The van der Waals surface area contributed by atoms with E-state index in [4.69, 9.17) is 48.9 Å². The van der Waals surface area contributed by atoms with E-state index in [0.29, 0.717) is 21.0 Å². The molecule has 0 bridgehead atoms. The van der Waals surface area contributed by atoms with Crippen LogP contribution in [0.5, 0.6) is 0 Å².